The molecule has 0 amide bonds. The molecule has 2 aromatic heterocycles. The Labute approximate surface area is 207 Å². The van der Waals surface area contributed by atoms with Crippen molar-refractivity contribution in [1.82, 2.24) is 15.0 Å². The van der Waals surface area contributed by atoms with Crippen molar-refractivity contribution in [3.8, 4) is 12.1 Å². The average Bonchev–Trinajstić information content (AvgIpc) is 3.40. The summed E-state index contributed by atoms with van der Waals surface area (Å²) in [5.74, 6) is 1.09. The minimum absolute atomic E-state index is 0.479. The Kier molecular flexibility index (Phi) is 7.27. The lowest BCUT2D eigenvalue weighted by Gasteiger charge is -2.18. The first kappa shape index (κ1) is 23.8. The first-order valence-corrected chi connectivity index (χ1v) is 11.7. The number of allylic oxidation sites excluding steroid dienone is 1. The molecule has 0 spiro atoms. The number of hydrogen-bond acceptors (Lipinski definition) is 8. The Morgan fingerprint density at radius 3 is 2.49 bits per heavy atom. The maximum absolute atomic E-state index is 11.0. The maximum Gasteiger partial charge on any atom is 0.140 e. The van der Waals surface area contributed by atoms with Crippen molar-refractivity contribution in [2.75, 3.05) is 5.32 Å². The Morgan fingerprint density at radius 2 is 1.86 bits per heavy atom. The largest absolute Gasteiger partial charge is 0.383 e. The van der Waals surface area contributed by atoms with Crippen LogP contribution in [-0.2, 0) is 6.42 Å². The van der Waals surface area contributed by atoms with Crippen molar-refractivity contribution < 1.29 is 5.11 Å². The van der Waals surface area contributed by atoms with E-state index in [1.54, 1.807) is 36.1 Å². The van der Waals surface area contributed by atoms with E-state index >= 15 is 0 Å². The number of anilines is 2. The lowest BCUT2D eigenvalue weighted by Crippen LogP contribution is -2.10. The summed E-state index contributed by atoms with van der Waals surface area (Å²) in [6, 6.07) is 15.4. The molecule has 0 aliphatic rings. The number of aliphatic hydroxyl groups excluding tert-OH is 1. The molecule has 35 heavy (non-hydrogen) atoms. The lowest BCUT2D eigenvalue weighted by atomic mass is 10.0. The molecule has 0 radical (unpaired) electrons. The molecule has 4 rings (SSSR count). The van der Waals surface area contributed by atoms with Crippen LogP contribution in [0.5, 0.6) is 0 Å². The molecular formula is C27H22N6OS. The highest BCUT2D eigenvalue weighted by Crippen LogP contribution is 2.33. The predicted octanol–water partition coefficient (Wildman–Crippen LogP) is 5.37. The molecule has 4 aromatic rings. The van der Waals surface area contributed by atoms with Gasteiger partial charge in [0.1, 0.15) is 17.7 Å². The molecule has 172 valence electrons. The smallest absolute Gasteiger partial charge is 0.140 e. The van der Waals surface area contributed by atoms with Crippen molar-refractivity contribution >= 4 is 28.9 Å². The second kappa shape index (κ2) is 10.7. The zero-order chi connectivity index (χ0) is 24.8. The summed E-state index contributed by atoms with van der Waals surface area (Å²) >= 11 is 1.36. The molecule has 1 unspecified atom stereocenters. The SMILES string of the molecule is Cc1cc(/C=C/C#N)cc(C)c1Nc1nc(Cc2ccc(C#N)cc2)ncc1C(O)c1cncs1. The number of nitrogens with one attached hydrogen (secondary N) is 1. The van der Waals surface area contributed by atoms with Gasteiger partial charge in [0, 0.05) is 36.1 Å². The molecule has 0 bridgehead atoms. The highest BCUT2D eigenvalue weighted by atomic mass is 32.1. The zero-order valence-electron chi connectivity index (χ0n) is 19.2. The van der Waals surface area contributed by atoms with E-state index in [0.717, 1.165) is 27.9 Å². The van der Waals surface area contributed by atoms with Crippen LogP contribution in [0.4, 0.5) is 11.5 Å². The van der Waals surface area contributed by atoms with Crippen LogP contribution in [0.1, 0.15) is 50.2 Å². The minimum Gasteiger partial charge on any atom is -0.383 e. The van der Waals surface area contributed by atoms with Gasteiger partial charge in [0.2, 0.25) is 0 Å². The van der Waals surface area contributed by atoms with Crippen LogP contribution in [-0.4, -0.2) is 20.1 Å². The topological polar surface area (TPSA) is 119 Å². The number of aliphatic hydroxyl groups is 1. The molecule has 0 saturated carbocycles. The summed E-state index contributed by atoms with van der Waals surface area (Å²) in [6.07, 6.45) is 6.05. The first-order valence-electron chi connectivity index (χ1n) is 10.8. The second-order valence-corrected chi connectivity index (χ2v) is 8.92. The molecule has 2 N–H and O–H groups in total. The van der Waals surface area contributed by atoms with Crippen molar-refractivity contribution in [3.05, 3.63) is 104 Å². The molecule has 8 heteroatoms. The standard InChI is InChI=1S/C27H22N6OS/c1-17-10-21(4-3-9-28)11-18(2)25(17)33-27-22(26(34)23-15-30-16-35-23)14-31-24(32-27)12-19-5-7-20(13-29)8-6-19/h3-8,10-11,14-16,26,34H,12H2,1-2H3,(H,31,32,33)/b4-3+. The summed E-state index contributed by atoms with van der Waals surface area (Å²) in [6.45, 7) is 3.97. The molecule has 7 nitrogen and oxygen atoms in total. The maximum atomic E-state index is 11.0. The number of benzene rings is 2. The van der Waals surface area contributed by atoms with E-state index in [9.17, 15) is 5.11 Å². The molecule has 2 heterocycles. The second-order valence-electron chi connectivity index (χ2n) is 8.00. The van der Waals surface area contributed by atoms with Crippen LogP contribution in [0.25, 0.3) is 6.08 Å². The molecule has 1 atom stereocenters. The van der Waals surface area contributed by atoms with Gasteiger partial charge >= 0.3 is 0 Å². The highest BCUT2D eigenvalue weighted by molar-refractivity contribution is 7.09. The molecule has 2 aromatic carbocycles. The molecule has 0 saturated heterocycles. The van der Waals surface area contributed by atoms with Crippen LogP contribution >= 0.6 is 11.3 Å². The van der Waals surface area contributed by atoms with Crippen molar-refractivity contribution in [3.63, 3.8) is 0 Å². The van der Waals surface area contributed by atoms with E-state index in [-0.39, 0.29) is 0 Å². The van der Waals surface area contributed by atoms with Gasteiger partial charge in [-0.25, -0.2) is 9.97 Å². The van der Waals surface area contributed by atoms with Gasteiger partial charge in [-0.2, -0.15) is 10.5 Å². The van der Waals surface area contributed by atoms with Crippen molar-refractivity contribution in [1.29, 1.82) is 10.5 Å². The minimum atomic E-state index is -0.924. The van der Waals surface area contributed by atoms with Gasteiger partial charge in [0.05, 0.1) is 28.1 Å². The van der Waals surface area contributed by atoms with Gasteiger partial charge in [0.25, 0.3) is 0 Å². The Balaban J connectivity index is 1.72. The van der Waals surface area contributed by atoms with Crippen molar-refractivity contribution in [2.24, 2.45) is 0 Å². The lowest BCUT2D eigenvalue weighted by molar-refractivity contribution is 0.223. The van der Waals surface area contributed by atoms with Gasteiger partial charge in [-0.1, -0.05) is 12.1 Å². The molecule has 0 aliphatic carbocycles. The van der Waals surface area contributed by atoms with Gasteiger partial charge < -0.3 is 10.4 Å². The van der Waals surface area contributed by atoms with E-state index in [1.165, 1.54) is 17.4 Å². The zero-order valence-corrected chi connectivity index (χ0v) is 20.0. The Hall–Kier alpha value is -4.37. The summed E-state index contributed by atoms with van der Waals surface area (Å²) < 4.78 is 0. The number of hydrogen-bond donors (Lipinski definition) is 2. The van der Waals surface area contributed by atoms with E-state index in [1.807, 2.05) is 44.2 Å². The van der Waals surface area contributed by atoms with E-state index in [2.05, 4.69) is 21.4 Å². The van der Waals surface area contributed by atoms with Crippen molar-refractivity contribution in [2.45, 2.75) is 26.4 Å². The Morgan fingerprint density at radius 1 is 1.11 bits per heavy atom. The number of aryl methyl sites for hydroxylation is 2. The van der Waals surface area contributed by atoms with E-state index in [0.29, 0.717) is 34.1 Å². The third kappa shape index (κ3) is 5.59. The predicted molar refractivity (Wildman–Crippen MR) is 136 cm³/mol. The third-order valence-corrected chi connectivity index (χ3v) is 6.30. The fraction of sp³-hybridized carbons (Fsp3) is 0.148. The van der Waals surface area contributed by atoms with Crippen LogP contribution in [0, 0.1) is 36.5 Å². The highest BCUT2D eigenvalue weighted by Gasteiger charge is 2.20. The van der Waals surface area contributed by atoms with Gasteiger partial charge in [-0.3, -0.25) is 4.98 Å². The van der Waals surface area contributed by atoms with Gasteiger partial charge in [-0.05, 0) is 66.4 Å². The fourth-order valence-corrected chi connectivity index (χ4v) is 4.37. The monoisotopic (exact) mass is 478 g/mol. The number of nitriles is 2. The molecule has 0 fully saturated rings. The van der Waals surface area contributed by atoms with Crippen LogP contribution in [0.3, 0.4) is 0 Å². The summed E-state index contributed by atoms with van der Waals surface area (Å²) in [4.78, 5) is 14.1. The molecular weight excluding hydrogens is 456 g/mol. The number of rotatable bonds is 7. The van der Waals surface area contributed by atoms with Gasteiger partial charge in [0.15, 0.2) is 0 Å². The molecule has 0 aliphatic heterocycles. The summed E-state index contributed by atoms with van der Waals surface area (Å²) in [5.41, 5.74) is 7.56. The first-order chi connectivity index (χ1) is 17.0. The van der Waals surface area contributed by atoms with Gasteiger partial charge in [-0.15, -0.1) is 11.3 Å². The van der Waals surface area contributed by atoms with E-state index < -0.39 is 6.10 Å². The fourth-order valence-electron chi connectivity index (χ4n) is 3.75. The average molecular weight is 479 g/mol. The summed E-state index contributed by atoms with van der Waals surface area (Å²) in [7, 11) is 0. The normalized spacial score (nSPS) is 11.7. The Bertz CT molecular complexity index is 1420. The third-order valence-electron chi connectivity index (χ3n) is 5.48. The van der Waals surface area contributed by atoms with Crippen LogP contribution in [0.2, 0.25) is 0 Å². The quantitative estimate of drug-likeness (QED) is 0.343. The van der Waals surface area contributed by atoms with Crippen LogP contribution < -0.4 is 5.32 Å². The number of aromatic nitrogens is 3. The van der Waals surface area contributed by atoms with E-state index in [4.69, 9.17) is 15.5 Å². The number of nitrogens with zero attached hydrogens (tertiary/aromatic N) is 5. The van der Waals surface area contributed by atoms with Crippen LogP contribution in [0.15, 0.2) is 60.4 Å². The number of thiazole rings is 1. The summed E-state index contributed by atoms with van der Waals surface area (Å²) in [5, 5.41) is 32.3.